The normalized spacial score (nSPS) is 17.7. The third-order valence-corrected chi connectivity index (χ3v) is 3.80. The Labute approximate surface area is 134 Å². The van der Waals surface area contributed by atoms with Crippen molar-refractivity contribution in [2.45, 2.75) is 32.2 Å². The van der Waals surface area contributed by atoms with E-state index in [-0.39, 0.29) is 29.5 Å². The molecule has 1 atom stereocenters. The molecule has 1 aliphatic heterocycles. The molecule has 6 nitrogen and oxygen atoms in total. The van der Waals surface area contributed by atoms with Gasteiger partial charge in [0.25, 0.3) is 5.91 Å². The van der Waals surface area contributed by atoms with E-state index in [2.05, 4.69) is 20.7 Å². The molecule has 3 rings (SSSR count). The largest absolute Gasteiger partial charge is 0.345 e. The van der Waals surface area contributed by atoms with Gasteiger partial charge in [-0.05, 0) is 31.2 Å². The van der Waals surface area contributed by atoms with E-state index in [0.717, 1.165) is 19.5 Å². The Balaban J connectivity index is 1.90. The summed E-state index contributed by atoms with van der Waals surface area (Å²) in [7, 11) is 0. The molecule has 1 aromatic carbocycles. The maximum atomic E-state index is 13.5. The van der Waals surface area contributed by atoms with Crippen molar-refractivity contribution in [1.29, 1.82) is 0 Å². The number of rotatable bonds is 4. The fraction of sp³-hybridized carbons (Fsp3) is 0.438. The number of aromatic nitrogens is 3. The first-order chi connectivity index (χ1) is 11.0. The average molecular weight is 317 g/mol. The molecule has 1 unspecified atom stereocenters. The lowest BCUT2D eigenvalue weighted by Crippen LogP contribution is -2.36. The topological polar surface area (TPSA) is 71.8 Å². The molecular weight excluding hydrogens is 297 g/mol. The van der Waals surface area contributed by atoms with Crippen LogP contribution in [0.25, 0.3) is 5.69 Å². The van der Waals surface area contributed by atoms with Crippen LogP contribution in [0.2, 0.25) is 0 Å². The van der Waals surface area contributed by atoms with Gasteiger partial charge in [-0.15, -0.1) is 5.10 Å². The monoisotopic (exact) mass is 317 g/mol. The van der Waals surface area contributed by atoms with Gasteiger partial charge < -0.3 is 10.6 Å². The summed E-state index contributed by atoms with van der Waals surface area (Å²) in [6, 6.07) is 6.21. The Morgan fingerprint density at radius 2 is 2.30 bits per heavy atom. The summed E-state index contributed by atoms with van der Waals surface area (Å²) >= 11 is 0. The molecule has 2 N–H and O–H groups in total. The van der Waals surface area contributed by atoms with E-state index in [0.29, 0.717) is 11.5 Å². The highest BCUT2D eigenvalue weighted by Crippen LogP contribution is 2.18. The van der Waals surface area contributed by atoms with E-state index in [4.69, 9.17) is 0 Å². The number of hydrogen-bond donors (Lipinski definition) is 2. The first-order valence-electron chi connectivity index (χ1n) is 7.79. The van der Waals surface area contributed by atoms with Crippen molar-refractivity contribution < 1.29 is 9.18 Å². The molecule has 1 amide bonds. The molecule has 0 bridgehead atoms. The van der Waals surface area contributed by atoms with Crippen LogP contribution in [0.4, 0.5) is 4.39 Å². The van der Waals surface area contributed by atoms with Gasteiger partial charge in [0.1, 0.15) is 11.6 Å². The van der Waals surface area contributed by atoms with Gasteiger partial charge in [0.05, 0.1) is 5.69 Å². The van der Waals surface area contributed by atoms with Crippen LogP contribution >= 0.6 is 0 Å². The minimum atomic E-state index is -0.351. The van der Waals surface area contributed by atoms with Crippen molar-refractivity contribution in [2.75, 3.05) is 13.1 Å². The summed E-state index contributed by atoms with van der Waals surface area (Å²) in [5.74, 6) is 0.155. The smallest absolute Gasteiger partial charge is 0.291 e. The van der Waals surface area contributed by atoms with E-state index < -0.39 is 0 Å². The fourth-order valence-corrected chi connectivity index (χ4v) is 2.62. The summed E-state index contributed by atoms with van der Waals surface area (Å²) in [6.07, 6.45) is 0.896. The lowest BCUT2D eigenvalue weighted by atomic mass is 10.2. The molecule has 2 aromatic rings. The minimum absolute atomic E-state index is 0.0560. The predicted octanol–water partition coefficient (Wildman–Crippen LogP) is 1.62. The van der Waals surface area contributed by atoms with Gasteiger partial charge in [0, 0.05) is 18.5 Å². The highest BCUT2D eigenvalue weighted by molar-refractivity contribution is 5.90. The van der Waals surface area contributed by atoms with Gasteiger partial charge in [-0.2, -0.15) is 0 Å². The molecule has 122 valence electrons. The highest BCUT2D eigenvalue weighted by Gasteiger charge is 2.23. The van der Waals surface area contributed by atoms with Crippen LogP contribution in [0, 0.1) is 5.82 Å². The van der Waals surface area contributed by atoms with E-state index in [1.54, 1.807) is 12.1 Å². The summed E-state index contributed by atoms with van der Waals surface area (Å²) < 4.78 is 15.0. The van der Waals surface area contributed by atoms with E-state index in [1.807, 2.05) is 13.8 Å². The number of benzene rings is 1. The number of nitrogens with one attached hydrogen (secondary N) is 2. The lowest BCUT2D eigenvalue weighted by molar-refractivity contribution is 0.0929. The maximum Gasteiger partial charge on any atom is 0.291 e. The van der Waals surface area contributed by atoms with Gasteiger partial charge in [0.2, 0.25) is 5.82 Å². The molecule has 0 saturated carbocycles. The molecule has 0 aliphatic carbocycles. The van der Waals surface area contributed by atoms with Crippen LogP contribution in [-0.4, -0.2) is 39.8 Å². The molecule has 2 heterocycles. The quantitative estimate of drug-likeness (QED) is 0.899. The number of carbonyl (C=O) groups excluding carboxylic acids is 1. The minimum Gasteiger partial charge on any atom is -0.345 e. The first-order valence-corrected chi connectivity index (χ1v) is 7.79. The standard InChI is InChI=1S/C16H20FN5O/c1-10(2)15-20-14(16(23)19-12-6-7-18-9-12)21-22(15)13-5-3-4-11(17)8-13/h3-5,8,10,12,18H,6-7,9H2,1-2H3,(H,19,23). The van der Waals surface area contributed by atoms with Crippen LogP contribution in [0.3, 0.4) is 0 Å². The molecule has 7 heteroatoms. The predicted molar refractivity (Wildman–Crippen MR) is 84.1 cm³/mol. The molecule has 0 spiro atoms. The molecule has 1 fully saturated rings. The van der Waals surface area contributed by atoms with Gasteiger partial charge in [-0.3, -0.25) is 4.79 Å². The molecule has 23 heavy (non-hydrogen) atoms. The van der Waals surface area contributed by atoms with Crippen LogP contribution < -0.4 is 10.6 Å². The second kappa shape index (κ2) is 6.45. The zero-order valence-electron chi connectivity index (χ0n) is 13.2. The van der Waals surface area contributed by atoms with Crippen LogP contribution in [0.15, 0.2) is 24.3 Å². The molecule has 1 aromatic heterocycles. The van der Waals surface area contributed by atoms with Gasteiger partial charge >= 0.3 is 0 Å². The molecule has 1 aliphatic rings. The number of halogens is 1. The zero-order chi connectivity index (χ0) is 16.4. The summed E-state index contributed by atoms with van der Waals surface area (Å²) in [5.41, 5.74) is 0.558. The van der Waals surface area contributed by atoms with Gasteiger partial charge in [-0.1, -0.05) is 19.9 Å². The number of amides is 1. The van der Waals surface area contributed by atoms with Crippen LogP contribution in [0.5, 0.6) is 0 Å². The van der Waals surface area contributed by atoms with E-state index in [9.17, 15) is 9.18 Å². The third-order valence-electron chi connectivity index (χ3n) is 3.80. The first kappa shape index (κ1) is 15.6. The van der Waals surface area contributed by atoms with E-state index >= 15 is 0 Å². The van der Waals surface area contributed by atoms with Crippen molar-refractivity contribution in [3.05, 3.63) is 41.7 Å². The van der Waals surface area contributed by atoms with Crippen LogP contribution in [0.1, 0.15) is 42.6 Å². The summed E-state index contributed by atoms with van der Waals surface area (Å²) in [5, 5.41) is 10.4. The highest BCUT2D eigenvalue weighted by atomic mass is 19.1. The number of carbonyl (C=O) groups is 1. The molecular formula is C16H20FN5O. The van der Waals surface area contributed by atoms with Gasteiger partial charge in [-0.25, -0.2) is 14.1 Å². The SMILES string of the molecule is CC(C)c1nc(C(=O)NC2CCNC2)nn1-c1cccc(F)c1. The molecule has 1 saturated heterocycles. The Hall–Kier alpha value is -2.28. The zero-order valence-corrected chi connectivity index (χ0v) is 13.2. The van der Waals surface area contributed by atoms with E-state index in [1.165, 1.54) is 16.8 Å². The number of hydrogen-bond acceptors (Lipinski definition) is 4. The Kier molecular flexibility index (Phi) is 4.38. The second-order valence-corrected chi connectivity index (χ2v) is 6.00. The number of nitrogens with zero attached hydrogens (tertiary/aromatic N) is 3. The summed E-state index contributed by atoms with van der Waals surface area (Å²) in [4.78, 5) is 16.7. The maximum absolute atomic E-state index is 13.5. The van der Waals surface area contributed by atoms with Crippen molar-refractivity contribution in [1.82, 2.24) is 25.4 Å². The van der Waals surface area contributed by atoms with Crippen LogP contribution in [-0.2, 0) is 0 Å². The second-order valence-electron chi connectivity index (χ2n) is 6.00. The van der Waals surface area contributed by atoms with Crippen molar-refractivity contribution in [3.8, 4) is 5.69 Å². The lowest BCUT2D eigenvalue weighted by Gasteiger charge is -2.08. The average Bonchev–Trinajstić information content (AvgIpc) is 3.16. The Morgan fingerprint density at radius 3 is 2.96 bits per heavy atom. The summed E-state index contributed by atoms with van der Waals surface area (Å²) in [6.45, 7) is 5.57. The fourth-order valence-electron chi connectivity index (χ4n) is 2.62. The van der Waals surface area contributed by atoms with Crippen molar-refractivity contribution in [3.63, 3.8) is 0 Å². The van der Waals surface area contributed by atoms with Crippen molar-refractivity contribution >= 4 is 5.91 Å². The van der Waals surface area contributed by atoms with Gasteiger partial charge in [0.15, 0.2) is 0 Å². The van der Waals surface area contributed by atoms with Crippen molar-refractivity contribution in [2.24, 2.45) is 0 Å². The molecule has 0 radical (unpaired) electrons. The third kappa shape index (κ3) is 3.39. The Bertz CT molecular complexity index is 706. The Morgan fingerprint density at radius 1 is 1.48 bits per heavy atom.